The zero-order valence-electron chi connectivity index (χ0n) is 8.60. The molecule has 16 heavy (non-hydrogen) atoms. The van der Waals surface area contributed by atoms with Crippen LogP contribution in [0.2, 0.25) is 0 Å². The van der Waals surface area contributed by atoms with Crippen LogP contribution >= 0.6 is 11.8 Å². The third-order valence-electron chi connectivity index (χ3n) is 1.84. The third kappa shape index (κ3) is 3.14. The minimum absolute atomic E-state index is 0.0479. The Bertz CT molecular complexity index is 524. The summed E-state index contributed by atoms with van der Waals surface area (Å²) < 4.78 is 1.33. The van der Waals surface area contributed by atoms with E-state index in [0.717, 1.165) is 11.5 Å². The summed E-state index contributed by atoms with van der Waals surface area (Å²) in [4.78, 5) is 24.5. The van der Waals surface area contributed by atoms with Gasteiger partial charge < -0.3 is 0 Å². The molecule has 0 saturated heterocycles. The number of rotatable bonds is 5. The molecule has 0 radical (unpaired) electrons. The van der Waals surface area contributed by atoms with E-state index in [2.05, 4.69) is 11.6 Å². The molecule has 0 saturated carbocycles. The fraction of sp³-hybridized carbons (Fsp3) is 0.300. The molecule has 0 aliphatic carbocycles. The SMILES string of the molecule is C=CCSCCn1cc(C#N)c(=O)[nH]c1=O. The van der Waals surface area contributed by atoms with Crippen molar-refractivity contribution in [2.24, 2.45) is 0 Å². The number of nitrogens with zero attached hydrogens (tertiary/aromatic N) is 2. The van der Waals surface area contributed by atoms with Crippen molar-refractivity contribution in [3.05, 3.63) is 45.3 Å². The summed E-state index contributed by atoms with van der Waals surface area (Å²) >= 11 is 1.62. The summed E-state index contributed by atoms with van der Waals surface area (Å²) in [6.07, 6.45) is 3.07. The van der Waals surface area contributed by atoms with Crippen LogP contribution in [0.1, 0.15) is 5.56 Å². The third-order valence-corrected chi connectivity index (χ3v) is 2.79. The summed E-state index contributed by atoms with van der Waals surface area (Å²) in [7, 11) is 0. The molecule has 1 N–H and O–H groups in total. The fourth-order valence-corrected chi connectivity index (χ4v) is 1.74. The number of aromatic nitrogens is 2. The average molecular weight is 237 g/mol. The average Bonchev–Trinajstić information content (AvgIpc) is 2.27. The monoisotopic (exact) mass is 237 g/mol. The second kappa shape index (κ2) is 5.98. The lowest BCUT2D eigenvalue weighted by atomic mass is 10.4. The molecule has 0 unspecified atom stereocenters. The Balaban J connectivity index is 2.81. The van der Waals surface area contributed by atoms with Crippen LogP contribution in [-0.2, 0) is 6.54 Å². The molecule has 0 bridgehead atoms. The number of aromatic amines is 1. The molecular weight excluding hydrogens is 226 g/mol. The van der Waals surface area contributed by atoms with Crippen molar-refractivity contribution >= 4 is 11.8 Å². The van der Waals surface area contributed by atoms with Gasteiger partial charge in [-0.05, 0) is 0 Å². The Morgan fingerprint density at radius 1 is 1.62 bits per heavy atom. The number of hydrogen-bond donors (Lipinski definition) is 1. The van der Waals surface area contributed by atoms with Crippen molar-refractivity contribution in [3.63, 3.8) is 0 Å². The summed E-state index contributed by atoms with van der Waals surface area (Å²) in [6, 6.07) is 1.74. The van der Waals surface area contributed by atoms with Crippen LogP contribution in [0.5, 0.6) is 0 Å². The van der Waals surface area contributed by atoms with Gasteiger partial charge in [-0.3, -0.25) is 14.3 Å². The van der Waals surface area contributed by atoms with Crippen molar-refractivity contribution in [2.75, 3.05) is 11.5 Å². The van der Waals surface area contributed by atoms with E-state index in [1.165, 1.54) is 10.8 Å². The number of nitrogens with one attached hydrogen (secondary N) is 1. The molecule has 0 amide bonds. The van der Waals surface area contributed by atoms with E-state index < -0.39 is 11.2 Å². The van der Waals surface area contributed by atoms with Crippen LogP contribution in [0.3, 0.4) is 0 Å². The molecule has 1 heterocycles. The van der Waals surface area contributed by atoms with Gasteiger partial charge in [0.05, 0.1) is 0 Å². The number of H-pyrrole nitrogens is 1. The van der Waals surface area contributed by atoms with E-state index in [0.29, 0.717) is 6.54 Å². The van der Waals surface area contributed by atoms with E-state index in [9.17, 15) is 9.59 Å². The Hall–Kier alpha value is -1.74. The lowest BCUT2D eigenvalue weighted by Gasteiger charge is -2.03. The molecule has 0 atom stereocenters. The normalized spacial score (nSPS) is 9.69. The highest BCUT2D eigenvalue weighted by Gasteiger charge is 2.02. The largest absolute Gasteiger partial charge is 0.328 e. The van der Waals surface area contributed by atoms with Crippen LogP contribution in [0.15, 0.2) is 28.4 Å². The Morgan fingerprint density at radius 2 is 2.38 bits per heavy atom. The highest BCUT2D eigenvalue weighted by atomic mass is 32.2. The summed E-state index contributed by atoms with van der Waals surface area (Å²) in [5, 5.41) is 8.64. The van der Waals surface area contributed by atoms with Crippen LogP contribution in [0, 0.1) is 11.3 Å². The Morgan fingerprint density at radius 3 is 3.00 bits per heavy atom. The highest BCUT2D eigenvalue weighted by molar-refractivity contribution is 7.99. The van der Waals surface area contributed by atoms with Crippen molar-refractivity contribution in [3.8, 4) is 6.07 Å². The molecule has 0 aliphatic rings. The zero-order valence-corrected chi connectivity index (χ0v) is 9.42. The van der Waals surface area contributed by atoms with Gasteiger partial charge in [-0.2, -0.15) is 17.0 Å². The number of thioether (sulfide) groups is 1. The van der Waals surface area contributed by atoms with Crippen LogP contribution in [0.4, 0.5) is 0 Å². The Labute approximate surface area is 96.4 Å². The van der Waals surface area contributed by atoms with Gasteiger partial charge in [0.2, 0.25) is 0 Å². The van der Waals surface area contributed by atoms with E-state index in [1.807, 2.05) is 0 Å². The quantitative estimate of drug-likeness (QED) is 0.591. The lowest BCUT2D eigenvalue weighted by Crippen LogP contribution is -2.31. The first-order chi connectivity index (χ1) is 7.69. The van der Waals surface area contributed by atoms with Crippen molar-refractivity contribution < 1.29 is 0 Å². The highest BCUT2D eigenvalue weighted by Crippen LogP contribution is 2.00. The Kier molecular flexibility index (Phi) is 4.61. The van der Waals surface area contributed by atoms with Gasteiger partial charge in [0.15, 0.2) is 0 Å². The van der Waals surface area contributed by atoms with E-state index in [4.69, 9.17) is 5.26 Å². The predicted molar refractivity (Wildman–Crippen MR) is 63.6 cm³/mol. The number of aryl methyl sites for hydroxylation is 1. The fourth-order valence-electron chi connectivity index (χ4n) is 1.08. The van der Waals surface area contributed by atoms with E-state index in [1.54, 1.807) is 23.9 Å². The van der Waals surface area contributed by atoms with Crippen molar-refractivity contribution in [1.82, 2.24) is 9.55 Å². The maximum Gasteiger partial charge on any atom is 0.328 e. The minimum atomic E-state index is -0.637. The molecule has 1 aromatic rings. The van der Waals surface area contributed by atoms with Gasteiger partial charge >= 0.3 is 5.69 Å². The molecular formula is C10H11N3O2S. The lowest BCUT2D eigenvalue weighted by molar-refractivity contribution is 0.697. The molecule has 1 rings (SSSR count). The maximum absolute atomic E-state index is 11.3. The molecule has 0 fully saturated rings. The standard InChI is InChI=1S/C10H11N3O2S/c1-2-4-16-5-3-13-7-8(6-11)9(14)12-10(13)15/h2,7H,1,3-5H2,(H,12,14,15). The van der Waals surface area contributed by atoms with E-state index in [-0.39, 0.29) is 5.56 Å². The smallest absolute Gasteiger partial charge is 0.298 e. The summed E-state index contributed by atoms with van der Waals surface area (Å²) in [5.41, 5.74) is -1.17. The van der Waals surface area contributed by atoms with Gasteiger partial charge in [0, 0.05) is 24.2 Å². The predicted octanol–water partition coefficient (Wildman–Crippen LogP) is 0.327. The second-order valence-corrected chi connectivity index (χ2v) is 4.12. The summed E-state index contributed by atoms with van der Waals surface area (Å²) in [6.45, 7) is 4.04. The van der Waals surface area contributed by atoms with Gasteiger partial charge in [0.1, 0.15) is 11.6 Å². The number of hydrogen-bond acceptors (Lipinski definition) is 4. The zero-order chi connectivity index (χ0) is 12.0. The molecule has 0 aliphatic heterocycles. The van der Waals surface area contributed by atoms with Crippen molar-refractivity contribution in [1.29, 1.82) is 5.26 Å². The first-order valence-electron chi connectivity index (χ1n) is 4.61. The minimum Gasteiger partial charge on any atom is -0.298 e. The molecule has 0 spiro atoms. The van der Waals surface area contributed by atoms with Crippen LogP contribution in [-0.4, -0.2) is 21.1 Å². The molecule has 84 valence electrons. The van der Waals surface area contributed by atoms with Gasteiger partial charge in [-0.1, -0.05) is 6.08 Å². The number of nitriles is 1. The van der Waals surface area contributed by atoms with E-state index >= 15 is 0 Å². The second-order valence-electron chi connectivity index (χ2n) is 2.97. The molecule has 5 nitrogen and oxygen atoms in total. The molecule has 0 aromatic carbocycles. The van der Waals surface area contributed by atoms with Gasteiger partial charge in [-0.25, -0.2) is 4.79 Å². The maximum atomic E-state index is 11.3. The first kappa shape index (κ1) is 12.3. The van der Waals surface area contributed by atoms with Gasteiger partial charge in [0.25, 0.3) is 5.56 Å². The summed E-state index contributed by atoms with van der Waals surface area (Å²) in [5.74, 6) is 1.53. The topological polar surface area (TPSA) is 78.7 Å². The van der Waals surface area contributed by atoms with Gasteiger partial charge in [-0.15, -0.1) is 6.58 Å². The van der Waals surface area contributed by atoms with Crippen LogP contribution < -0.4 is 11.2 Å². The molecule has 6 heteroatoms. The van der Waals surface area contributed by atoms with Crippen LogP contribution in [0.25, 0.3) is 0 Å². The van der Waals surface area contributed by atoms with Crippen molar-refractivity contribution in [2.45, 2.75) is 6.54 Å². The first-order valence-corrected chi connectivity index (χ1v) is 5.77. The molecule has 1 aromatic heterocycles.